The summed E-state index contributed by atoms with van der Waals surface area (Å²) in [5.74, 6) is 1.53. The van der Waals surface area contributed by atoms with E-state index in [0.29, 0.717) is 11.7 Å². The number of methoxy groups -OCH3 is 2. The minimum atomic E-state index is 0.139. The molecule has 0 spiro atoms. The van der Waals surface area contributed by atoms with Gasteiger partial charge < -0.3 is 20.1 Å². The first kappa shape index (κ1) is 24.0. The third kappa shape index (κ3) is 5.51. The van der Waals surface area contributed by atoms with E-state index in [1.54, 1.807) is 14.2 Å². The van der Waals surface area contributed by atoms with Crippen molar-refractivity contribution in [2.75, 3.05) is 32.6 Å². The van der Waals surface area contributed by atoms with Crippen molar-refractivity contribution in [3.05, 3.63) is 88.5 Å². The van der Waals surface area contributed by atoms with Crippen molar-refractivity contribution in [1.82, 2.24) is 10.2 Å². The number of thiocarbonyl (C=S) groups is 1. The number of ether oxygens (including phenoxy) is 2. The van der Waals surface area contributed by atoms with E-state index >= 15 is 0 Å². The fourth-order valence-electron chi connectivity index (χ4n) is 4.60. The summed E-state index contributed by atoms with van der Waals surface area (Å²) >= 11 is 5.64. The molecule has 3 aromatic carbocycles. The Hall–Kier alpha value is -3.09. The number of hydrogen-bond acceptors (Lipinski definition) is 4. The van der Waals surface area contributed by atoms with Crippen molar-refractivity contribution in [3.63, 3.8) is 0 Å². The van der Waals surface area contributed by atoms with Crippen LogP contribution in [0.15, 0.2) is 60.7 Å². The lowest BCUT2D eigenvalue weighted by molar-refractivity contribution is 0.176. The maximum atomic E-state index is 5.64. The summed E-state index contributed by atoms with van der Waals surface area (Å²) in [7, 11) is 3.37. The summed E-state index contributed by atoms with van der Waals surface area (Å²) in [5.41, 5.74) is 7.39. The van der Waals surface area contributed by atoms with Gasteiger partial charge >= 0.3 is 0 Å². The van der Waals surface area contributed by atoms with E-state index in [9.17, 15) is 0 Å². The monoisotopic (exact) mass is 475 g/mol. The lowest BCUT2D eigenvalue weighted by Crippen LogP contribution is -2.42. The Kier molecular flexibility index (Phi) is 7.70. The second-order valence-corrected chi connectivity index (χ2v) is 9.18. The highest BCUT2D eigenvalue weighted by atomic mass is 32.1. The molecule has 0 saturated heterocycles. The maximum absolute atomic E-state index is 5.64. The van der Waals surface area contributed by atoms with Gasteiger partial charge in [0.2, 0.25) is 0 Å². The fraction of sp³-hybridized carbons (Fsp3) is 0.321. The Labute approximate surface area is 208 Å². The highest BCUT2D eigenvalue weighted by molar-refractivity contribution is 7.80. The molecule has 1 aliphatic heterocycles. The van der Waals surface area contributed by atoms with Gasteiger partial charge in [-0.3, -0.25) is 4.90 Å². The molecule has 0 radical (unpaired) electrons. The number of benzene rings is 3. The molecule has 0 aromatic heterocycles. The Morgan fingerprint density at radius 3 is 2.50 bits per heavy atom. The lowest BCUT2D eigenvalue weighted by atomic mass is 9.91. The van der Waals surface area contributed by atoms with Gasteiger partial charge in [-0.2, -0.15) is 0 Å². The topological polar surface area (TPSA) is 45.8 Å². The summed E-state index contributed by atoms with van der Waals surface area (Å²) in [5, 5.41) is 7.40. The highest BCUT2D eigenvalue weighted by Crippen LogP contribution is 2.38. The third-order valence-electron chi connectivity index (χ3n) is 6.48. The predicted molar refractivity (Wildman–Crippen MR) is 143 cm³/mol. The molecule has 2 N–H and O–H groups in total. The lowest BCUT2D eigenvalue weighted by Gasteiger charge is -2.38. The number of aryl methyl sites for hydroxylation is 2. The van der Waals surface area contributed by atoms with Crippen molar-refractivity contribution in [2.24, 2.45) is 0 Å². The van der Waals surface area contributed by atoms with E-state index in [1.807, 2.05) is 12.1 Å². The Balaban J connectivity index is 1.58. The van der Waals surface area contributed by atoms with Crippen molar-refractivity contribution < 1.29 is 9.47 Å². The van der Waals surface area contributed by atoms with Crippen molar-refractivity contribution >= 4 is 23.0 Å². The molecule has 5 nitrogen and oxygen atoms in total. The van der Waals surface area contributed by atoms with Gasteiger partial charge in [0, 0.05) is 25.3 Å². The van der Waals surface area contributed by atoms with Gasteiger partial charge in [0.15, 0.2) is 16.6 Å². The molecule has 1 heterocycles. The van der Waals surface area contributed by atoms with Gasteiger partial charge in [-0.15, -0.1) is 0 Å². The van der Waals surface area contributed by atoms with Gasteiger partial charge in [0.25, 0.3) is 0 Å². The summed E-state index contributed by atoms with van der Waals surface area (Å²) in [6.45, 7) is 6.78. The Bertz CT molecular complexity index is 1160. The largest absolute Gasteiger partial charge is 0.493 e. The van der Waals surface area contributed by atoms with Gasteiger partial charge in [-0.05, 0) is 84.6 Å². The van der Waals surface area contributed by atoms with Crippen LogP contribution in [0.4, 0.5) is 5.69 Å². The van der Waals surface area contributed by atoms with E-state index in [-0.39, 0.29) is 6.04 Å². The van der Waals surface area contributed by atoms with E-state index in [1.165, 1.54) is 27.8 Å². The van der Waals surface area contributed by atoms with E-state index in [4.69, 9.17) is 21.7 Å². The molecule has 0 unspecified atom stereocenters. The van der Waals surface area contributed by atoms with Crippen molar-refractivity contribution in [2.45, 2.75) is 32.9 Å². The summed E-state index contributed by atoms with van der Waals surface area (Å²) in [4.78, 5) is 2.53. The number of nitrogens with one attached hydrogen (secondary N) is 2. The van der Waals surface area contributed by atoms with Gasteiger partial charge in [0.1, 0.15) is 0 Å². The van der Waals surface area contributed by atoms with Gasteiger partial charge in [0.05, 0.1) is 20.3 Å². The molecular formula is C28H33N3O2S. The zero-order chi connectivity index (χ0) is 24.1. The first-order valence-corrected chi connectivity index (χ1v) is 12.0. The predicted octanol–water partition coefficient (Wildman–Crippen LogP) is 5.41. The van der Waals surface area contributed by atoms with Crippen LogP contribution in [0.2, 0.25) is 0 Å². The van der Waals surface area contributed by atoms with Crippen molar-refractivity contribution in [1.29, 1.82) is 0 Å². The average molecular weight is 476 g/mol. The zero-order valence-corrected chi connectivity index (χ0v) is 21.2. The minimum Gasteiger partial charge on any atom is -0.493 e. The normalized spacial score (nSPS) is 15.4. The maximum Gasteiger partial charge on any atom is 0.170 e. The number of hydrogen-bond donors (Lipinski definition) is 2. The van der Waals surface area contributed by atoms with Gasteiger partial charge in [-0.25, -0.2) is 0 Å². The highest BCUT2D eigenvalue weighted by Gasteiger charge is 2.29. The van der Waals surface area contributed by atoms with Crippen LogP contribution in [0.5, 0.6) is 11.5 Å². The van der Waals surface area contributed by atoms with E-state index < -0.39 is 0 Å². The first-order chi connectivity index (χ1) is 16.5. The Morgan fingerprint density at radius 2 is 1.76 bits per heavy atom. The molecule has 0 fully saturated rings. The number of fused-ring (bicyclic) bond motifs is 1. The standard InChI is InChI=1S/C28H33N3O2S/c1-19-8-7-11-23(14-19)30-28(34)29-17-25-24-16-27(33-4)26(32-3)15-21(24)12-13-31(25)18-22-10-6-5-9-20(22)2/h5-11,14-16,25H,12-13,17-18H2,1-4H3,(H2,29,30,34)/t25-/m1/s1. The summed E-state index contributed by atoms with van der Waals surface area (Å²) < 4.78 is 11.2. The molecule has 1 atom stereocenters. The van der Waals surface area contributed by atoms with E-state index in [2.05, 4.69) is 77.9 Å². The minimum absolute atomic E-state index is 0.139. The SMILES string of the molecule is COc1cc2c(cc1OC)[C@@H](CNC(=S)Nc1cccc(C)c1)N(Cc1ccccc1C)CC2. The molecule has 3 aromatic rings. The molecule has 0 aliphatic carbocycles. The fourth-order valence-corrected chi connectivity index (χ4v) is 4.80. The molecule has 6 heteroatoms. The van der Waals surface area contributed by atoms with Crippen LogP contribution in [0, 0.1) is 13.8 Å². The van der Waals surface area contributed by atoms with Crippen molar-refractivity contribution in [3.8, 4) is 11.5 Å². The third-order valence-corrected chi connectivity index (χ3v) is 6.73. The second-order valence-electron chi connectivity index (χ2n) is 8.77. The van der Waals surface area contributed by atoms with Crippen LogP contribution in [0.3, 0.4) is 0 Å². The molecule has 1 aliphatic rings. The molecule has 4 rings (SSSR count). The number of anilines is 1. The van der Waals surface area contributed by atoms with Crippen LogP contribution in [-0.4, -0.2) is 37.3 Å². The number of rotatable bonds is 7. The number of nitrogens with zero attached hydrogens (tertiary/aromatic N) is 1. The zero-order valence-electron chi connectivity index (χ0n) is 20.4. The smallest absolute Gasteiger partial charge is 0.170 e. The van der Waals surface area contributed by atoms with Crippen LogP contribution in [0.1, 0.15) is 33.9 Å². The van der Waals surface area contributed by atoms with Crippen LogP contribution >= 0.6 is 12.2 Å². The molecule has 34 heavy (non-hydrogen) atoms. The van der Waals surface area contributed by atoms with Crippen LogP contribution in [-0.2, 0) is 13.0 Å². The first-order valence-electron chi connectivity index (χ1n) is 11.6. The van der Waals surface area contributed by atoms with Crippen LogP contribution < -0.4 is 20.1 Å². The Morgan fingerprint density at radius 1 is 1.00 bits per heavy atom. The molecular weight excluding hydrogens is 442 g/mol. The molecule has 0 saturated carbocycles. The average Bonchev–Trinajstić information content (AvgIpc) is 2.83. The van der Waals surface area contributed by atoms with Crippen LogP contribution in [0.25, 0.3) is 0 Å². The van der Waals surface area contributed by atoms with Gasteiger partial charge in [-0.1, -0.05) is 36.4 Å². The molecule has 0 bridgehead atoms. The molecule has 178 valence electrons. The molecule has 0 amide bonds. The summed E-state index contributed by atoms with van der Waals surface area (Å²) in [6.07, 6.45) is 0.962. The second kappa shape index (κ2) is 10.9. The quantitative estimate of drug-likeness (QED) is 0.446. The van der Waals surface area contributed by atoms with E-state index in [0.717, 1.165) is 36.7 Å². The summed E-state index contributed by atoms with van der Waals surface area (Å²) in [6, 6.07) is 21.2.